The summed E-state index contributed by atoms with van der Waals surface area (Å²) in [6, 6.07) is 0. The summed E-state index contributed by atoms with van der Waals surface area (Å²) in [4.78, 5) is 32.6. The third kappa shape index (κ3) is 8.49. The molecule has 0 saturated heterocycles. The molecule has 7 nitrogen and oxygen atoms in total. The molecular formula is C2H8O7P2. The average Bonchev–Trinajstić information content (AvgIpc) is 1.82. The maximum absolute atomic E-state index is 8.61. The molecule has 0 aliphatic rings. The fourth-order valence-corrected chi connectivity index (χ4v) is 0.809. The number of aliphatic hydroxyl groups excluding tert-OH is 1. The van der Waals surface area contributed by atoms with E-state index in [0.29, 0.717) is 0 Å². The van der Waals surface area contributed by atoms with Gasteiger partial charge in [0.2, 0.25) is 0 Å². The van der Waals surface area contributed by atoms with Gasteiger partial charge in [0, 0.05) is 0 Å². The number of aliphatic hydroxyl groups is 1. The molecule has 11 heavy (non-hydrogen) atoms. The van der Waals surface area contributed by atoms with Crippen LogP contribution >= 0.6 is 17.2 Å². The fourth-order valence-electron chi connectivity index (χ4n) is 0.270. The van der Waals surface area contributed by atoms with Gasteiger partial charge >= 0.3 is 17.2 Å². The maximum atomic E-state index is 8.61. The lowest BCUT2D eigenvalue weighted by molar-refractivity contribution is -0.0559. The second kappa shape index (κ2) is 6.14. The smallest absolute Gasteiger partial charge is 0.329 e. The predicted octanol–water partition coefficient (Wildman–Crippen LogP) is -1.24. The molecular weight excluding hydrogens is 198 g/mol. The molecule has 0 fully saturated rings. The minimum Gasteiger partial charge on any atom is -0.366 e. The minimum absolute atomic E-state index is 0.529. The van der Waals surface area contributed by atoms with Crippen LogP contribution < -0.4 is 0 Å². The van der Waals surface area contributed by atoms with Crippen molar-refractivity contribution in [1.82, 2.24) is 0 Å². The highest BCUT2D eigenvalue weighted by atomic mass is 31.2. The Kier molecular flexibility index (Phi) is 6.46. The Morgan fingerprint density at radius 1 is 1.09 bits per heavy atom. The standard InChI is InChI=1S/C2H8O7P2/c3-2(9-11(6)7)1-8-10(4)5/h2-7H,1H2. The van der Waals surface area contributed by atoms with E-state index in [1.54, 1.807) is 0 Å². The lowest BCUT2D eigenvalue weighted by Gasteiger charge is -2.11. The fraction of sp³-hybridized carbons (Fsp3) is 1.00. The quantitative estimate of drug-likeness (QED) is 0.282. The van der Waals surface area contributed by atoms with E-state index in [9.17, 15) is 0 Å². The number of hydrogen-bond acceptors (Lipinski definition) is 7. The molecule has 0 aliphatic heterocycles. The third-order valence-electron chi connectivity index (χ3n) is 0.549. The van der Waals surface area contributed by atoms with Gasteiger partial charge in [-0.05, 0) is 0 Å². The van der Waals surface area contributed by atoms with Gasteiger partial charge in [0.15, 0.2) is 6.29 Å². The highest BCUT2D eigenvalue weighted by molar-refractivity contribution is 7.39. The van der Waals surface area contributed by atoms with E-state index in [1.807, 2.05) is 0 Å². The zero-order chi connectivity index (χ0) is 8.85. The van der Waals surface area contributed by atoms with Crippen LogP contribution in [0.15, 0.2) is 0 Å². The van der Waals surface area contributed by atoms with Crippen molar-refractivity contribution >= 4 is 17.2 Å². The van der Waals surface area contributed by atoms with Crippen molar-refractivity contribution in [1.29, 1.82) is 0 Å². The Morgan fingerprint density at radius 2 is 1.64 bits per heavy atom. The lowest BCUT2D eigenvalue weighted by Crippen LogP contribution is -2.15. The zero-order valence-corrected chi connectivity index (χ0v) is 7.02. The Hall–Kier alpha value is 0.580. The van der Waals surface area contributed by atoms with Gasteiger partial charge in [-0.15, -0.1) is 0 Å². The number of hydrogen-bond donors (Lipinski definition) is 5. The van der Waals surface area contributed by atoms with E-state index < -0.39 is 30.1 Å². The molecule has 0 spiro atoms. The summed E-state index contributed by atoms with van der Waals surface area (Å²) in [5.74, 6) is 0. The molecule has 1 atom stereocenters. The monoisotopic (exact) mass is 206 g/mol. The van der Waals surface area contributed by atoms with Crippen LogP contribution in [0.25, 0.3) is 0 Å². The van der Waals surface area contributed by atoms with Crippen LogP contribution in [-0.2, 0) is 9.05 Å². The van der Waals surface area contributed by atoms with Crippen molar-refractivity contribution < 1.29 is 33.7 Å². The van der Waals surface area contributed by atoms with Gasteiger partial charge in [-0.2, -0.15) is 0 Å². The Bertz CT molecular complexity index is 96.4. The van der Waals surface area contributed by atoms with E-state index in [2.05, 4.69) is 9.05 Å². The molecule has 0 heterocycles. The van der Waals surface area contributed by atoms with Gasteiger partial charge in [0.1, 0.15) is 6.61 Å². The summed E-state index contributed by atoms with van der Waals surface area (Å²) < 4.78 is 8.09. The van der Waals surface area contributed by atoms with Crippen LogP contribution in [0.4, 0.5) is 0 Å². The van der Waals surface area contributed by atoms with Gasteiger partial charge in [-0.3, -0.25) is 4.52 Å². The molecule has 0 radical (unpaired) electrons. The minimum atomic E-state index is -2.66. The first kappa shape index (κ1) is 11.6. The van der Waals surface area contributed by atoms with E-state index in [-0.39, 0.29) is 0 Å². The van der Waals surface area contributed by atoms with Crippen LogP contribution in [0.5, 0.6) is 0 Å². The van der Waals surface area contributed by atoms with Gasteiger partial charge < -0.3 is 29.2 Å². The third-order valence-corrected chi connectivity index (χ3v) is 1.36. The molecule has 0 bridgehead atoms. The van der Waals surface area contributed by atoms with E-state index >= 15 is 0 Å². The Morgan fingerprint density at radius 3 is 2.00 bits per heavy atom. The SMILES string of the molecule is OC(COP(O)O)OP(O)O. The first-order valence-electron chi connectivity index (χ1n) is 2.36. The summed E-state index contributed by atoms with van der Waals surface area (Å²) >= 11 is 0. The second-order valence-electron chi connectivity index (χ2n) is 1.36. The normalized spacial score (nSPS) is 14.5. The zero-order valence-electron chi connectivity index (χ0n) is 5.23. The summed E-state index contributed by atoms with van der Waals surface area (Å²) in [6.07, 6.45) is -1.57. The van der Waals surface area contributed by atoms with Gasteiger partial charge in [0.05, 0.1) is 0 Å². The molecule has 0 aromatic rings. The lowest BCUT2D eigenvalue weighted by atomic mass is 10.7. The van der Waals surface area contributed by atoms with E-state index in [1.165, 1.54) is 0 Å². The highest BCUT2D eigenvalue weighted by Crippen LogP contribution is 2.29. The molecule has 0 rings (SSSR count). The summed E-state index contributed by atoms with van der Waals surface area (Å²) in [7, 11) is -5.21. The topological polar surface area (TPSA) is 120 Å². The van der Waals surface area contributed by atoms with Crippen molar-refractivity contribution in [2.24, 2.45) is 0 Å². The van der Waals surface area contributed by atoms with Crippen LogP contribution in [0, 0.1) is 0 Å². The number of rotatable bonds is 5. The summed E-state index contributed by atoms with van der Waals surface area (Å²) in [5.41, 5.74) is 0. The summed E-state index contributed by atoms with van der Waals surface area (Å²) in [5, 5.41) is 8.61. The average molecular weight is 206 g/mol. The molecule has 68 valence electrons. The molecule has 0 aromatic carbocycles. The molecule has 0 aromatic heterocycles. The largest absolute Gasteiger partial charge is 0.366 e. The molecule has 0 amide bonds. The predicted molar refractivity (Wildman–Crippen MR) is 35.8 cm³/mol. The van der Waals surface area contributed by atoms with Gasteiger partial charge in [-0.25, -0.2) is 0 Å². The van der Waals surface area contributed by atoms with Crippen LogP contribution in [-0.4, -0.2) is 37.6 Å². The van der Waals surface area contributed by atoms with Crippen LogP contribution in [0.1, 0.15) is 0 Å². The second-order valence-corrected chi connectivity index (χ2v) is 2.84. The van der Waals surface area contributed by atoms with Crippen molar-refractivity contribution in [2.75, 3.05) is 6.61 Å². The van der Waals surface area contributed by atoms with E-state index in [0.717, 1.165) is 0 Å². The Balaban J connectivity index is 3.29. The molecule has 1 unspecified atom stereocenters. The highest BCUT2D eigenvalue weighted by Gasteiger charge is 2.12. The van der Waals surface area contributed by atoms with Gasteiger partial charge in [0.25, 0.3) is 0 Å². The van der Waals surface area contributed by atoms with Gasteiger partial charge in [-0.1, -0.05) is 0 Å². The molecule has 0 aliphatic carbocycles. The molecule has 9 heteroatoms. The van der Waals surface area contributed by atoms with Crippen molar-refractivity contribution in [2.45, 2.75) is 6.29 Å². The van der Waals surface area contributed by atoms with Crippen molar-refractivity contribution in [3.8, 4) is 0 Å². The first-order chi connectivity index (χ1) is 5.02. The van der Waals surface area contributed by atoms with Crippen molar-refractivity contribution in [3.05, 3.63) is 0 Å². The van der Waals surface area contributed by atoms with Crippen LogP contribution in [0.3, 0.4) is 0 Å². The Labute approximate surface area is 64.8 Å². The van der Waals surface area contributed by atoms with Crippen molar-refractivity contribution in [3.63, 3.8) is 0 Å². The molecule has 5 N–H and O–H groups in total. The summed E-state index contributed by atoms with van der Waals surface area (Å²) in [6.45, 7) is -0.529. The van der Waals surface area contributed by atoms with Crippen LogP contribution in [0.2, 0.25) is 0 Å². The first-order valence-corrected chi connectivity index (χ1v) is 4.69. The maximum Gasteiger partial charge on any atom is 0.329 e. The molecule has 0 saturated carbocycles. The van der Waals surface area contributed by atoms with E-state index in [4.69, 9.17) is 24.7 Å².